The normalized spacial score (nSPS) is 26.1. The Morgan fingerprint density at radius 1 is 1.35 bits per heavy atom. The molecule has 2 heterocycles. The van der Waals surface area contributed by atoms with Crippen molar-refractivity contribution in [2.45, 2.75) is 42.9 Å². The second-order valence-electron chi connectivity index (χ2n) is 5.49. The first-order valence-corrected chi connectivity index (χ1v) is 9.43. The van der Waals surface area contributed by atoms with E-state index in [1.165, 1.54) is 11.3 Å². The molecule has 7 heteroatoms. The molecule has 0 spiro atoms. The minimum Gasteiger partial charge on any atom is -0.298 e. The topological polar surface area (TPSA) is 40.6 Å². The summed E-state index contributed by atoms with van der Waals surface area (Å²) in [5.41, 5.74) is 0.957. The Labute approximate surface area is 130 Å². The van der Waals surface area contributed by atoms with Gasteiger partial charge in [0, 0.05) is 30.1 Å². The van der Waals surface area contributed by atoms with E-state index in [0.717, 1.165) is 10.4 Å². The molecule has 0 bridgehead atoms. The van der Waals surface area contributed by atoms with Gasteiger partial charge >= 0.3 is 0 Å². The number of sulfonamides is 1. The summed E-state index contributed by atoms with van der Waals surface area (Å²) in [7, 11) is -1.35. The molecule has 2 atom stereocenters. The van der Waals surface area contributed by atoms with Gasteiger partial charge in [-0.2, -0.15) is 4.31 Å². The second-order valence-corrected chi connectivity index (χ2v) is 9.06. The number of nitrogens with zero attached hydrogens (tertiary/aromatic N) is 2. The Hall–Kier alpha value is -0.140. The molecule has 1 aromatic heterocycles. The molecule has 4 nitrogen and oxygen atoms in total. The van der Waals surface area contributed by atoms with Crippen LogP contribution in [0.5, 0.6) is 0 Å². The van der Waals surface area contributed by atoms with Crippen LogP contribution in [0.1, 0.15) is 24.3 Å². The molecule has 1 fully saturated rings. The highest BCUT2D eigenvalue weighted by atomic mass is 35.5. The maximum atomic E-state index is 12.7. The van der Waals surface area contributed by atoms with E-state index in [9.17, 15) is 8.42 Å². The first-order valence-electron chi connectivity index (χ1n) is 6.64. The molecular formula is C13H21ClN2O2S2. The molecule has 0 aromatic carbocycles. The van der Waals surface area contributed by atoms with Crippen LogP contribution in [0, 0.1) is 6.92 Å². The smallest absolute Gasteiger partial charge is 0.252 e. The lowest BCUT2D eigenvalue weighted by Gasteiger charge is -2.41. The van der Waals surface area contributed by atoms with E-state index < -0.39 is 10.0 Å². The summed E-state index contributed by atoms with van der Waals surface area (Å²) in [6.45, 7) is 7.10. The highest BCUT2D eigenvalue weighted by molar-refractivity contribution is 7.91. The van der Waals surface area contributed by atoms with Gasteiger partial charge in [0.15, 0.2) is 0 Å². The lowest BCUT2D eigenvalue weighted by Crippen LogP contribution is -2.56. The van der Waals surface area contributed by atoms with Crippen LogP contribution in [0.25, 0.3) is 0 Å². The third-order valence-electron chi connectivity index (χ3n) is 4.04. The van der Waals surface area contributed by atoms with Gasteiger partial charge in [-0.05, 0) is 39.4 Å². The zero-order valence-corrected chi connectivity index (χ0v) is 14.6. The molecule has 2 rings (SSSR count). The number of hydrogen-bond donors (Lipinski definition) is 0. The van der Waals surface area contributed by atoms with Crippen LogP contribution in [-0.4, -0.2) is 49.8 Å². The van der Waals surface area contributed by atoms with Crippen molar-refractivity contribution in [1.29, 1.82) is 0 Å². The number of thiophene rings is 1. The molecule has 1 aliphatic rings. The SMILES string of the molecule is Cc1cc(S(=O)(=O)N2CC(C)N(C)C(C)C2)sc1CCl. The Morgan fingerprint density at radius 3 is 2.35 bits per heavy atom. The fourth-order valence-corrected chi connectivity index (χ4v) is 6.00. The molecule has 114 valence electrons. The van der Waals surface area contributed by atoms with Crippen molar-refractivity contribution in [2.75, 3.05) is 20.1 Å². The molecule has 0 N–H and O–H groups in total. The van der Waals surface area contributed by atoms with Gasteiger partial charge in [-0.25, -0.2) is 8.42 Å². The van der Waals surface area contributed by atoms with Crippen molar-refractivity contribution >= 4 is 33.0 Å². The minimum absolute atomic E-state index is 0.224. The zero-order valence-electron chi connectivity index (χ0n) is 12.3. The van der Waals surface area contributed by atoms with Crippen molar-refractivity contribution < 1.29 is 8.42 Å². The number of halogens is 1. The summed E-state index contributed by atoms with van der Waals surface area (Å²) in [6.07, 6.45) is 0. The number of likely N-dealkylation sites (N-methyl/N-ethyl adjacent to an activating group) is 1. The van der Waals surface area contributed by atoms with Crippen molar-refractivity contribution in [2.24, 2.45) is 0 Å². The summed E-state index contributed by atoms with van der Waals surface area (Å²) in [6, 6.07) is 2.19. The highest BCUT2D eigenvalue weighted by Crippen LogP contribution is 2.31. The summed E-state index contributed by atoms with van der Waals surface area (Å²) in [5, 5.41) is 0. The Bertz CT molecular complexity index is 573. The molecule has 1 saturated heterocycles. The van der Waals surface area contributed by atoms with Crippen LogP contribution in [0.4, 0.5) is 0 Å². The van der Waals surface area contributed by atoms with Gasteiger partial charge in [0.2, 0.25) is 0 Å². The van der Waals surface area contributed by atoms with Crippen molar-refractivity contribution in [3.05, 3.63) is 16.5 Å². The Morgan fingerprint density at radius 2 is 1.90 bits per heavy atom. The standard InChI is InChI=1S/C13H21ClN2O2S2/c1-9-5-13(19-12(9)6-14)20(17,18)16-7-10(2)15(4)11(3)8-16/h5,10-11H,6-8H2,1-4H3. The van der Waals surface area contributed by atoms with Crippen LogP contribution in [0.3, 0.4) is 0 Å². The molecule has 0 amide bonds. The van der Waals surface area contributed by atoms with E-state index >= 15 is 0 Å². The van der Waals surface area contributed by atoms with Gasteiger partial charge in [-0.15, -0.1) is 22.9 Å². The lowest BCUT2D eigenvalue weighted by molar-refractivity contribution is 0.105. The van der Waals surface area contributed by atoms with Crippen LogP contribution in [0.2, 0.25) is 0 Å². The van der Waals surface area contributed by atoms with Gasteiger partial charge in [0.25, 0.3) is 10.0 Å². The maximum absolute atomic E-state index is 12.7. The fourth-order valence-electron chi connectivity index (χ4n) is 2.43. The molecule has 1 aromatic rings. The quantitative estimate of drug-likeness (QED) is 0.796. The van der Waals surface area contributed by atoms with Gasteiger partial charge in [0.05, 0.1) is 5.88 Å². The third-order valence-corrected chi connectivity index (χ3v) is 7.98. The van der Waals surface area contributed by atoms with Crippen molar-refractivity contribution in [3.8, 4) is 0 Å². The van der Waals surface area contributed by atoms with E-state index in [1.807, 2.05) is 14.0 Å². The summed E-state index contributed by atoms with van der Waals surface area (Å²) in [4.78, 5) is 3.15. The van der Waals surface area contributed by atoms with E-state index in [-0.39, 0.29) is 12.1 Å². The number of hydrogen-bond acceptors (Lipinski definition) is 4. The van der Waals surface area contributed by atoms with Crippen LogP contribution >= 0.6 is 22.9 Å². The zero-order chi connectivity index (χ0) is 15.1. The monoisotopic (exact) mass is 336 g/mol. The van der Waals surface area contributed by atoms with Gasteiger partial charge in [-0.1, -0.05) is 0 Å². The molecule has 0 aliphatic carbocycles. The number of aryl methyl sites for hydroxylation is 1. The van der Waals surface area contributed by atoms with Crippen molar-refractivity contribution in [1.82, 2.24) is 9.21 Å². The van der Waals surface area contributed by atoms with Crippen LogP contribution in [-0.2, 0) is 15.9 Å². The molecule has 0 radical (unpaired) electrons. The van der Waals surface area contributed by atoms with Gasteiger partial charge in [0.1, 0.15) is 4.21 Å². The molecular weight excluding hydrogens is 316 g/mol. The highest BCUT2D eigenvalue weighted by Gasteiger charge is 2.35. The lowest BCUT2D eigenvalue weighted by atomic mass is 10.1. The molecule has 1 aliphatic heterocycles. The summed E-state index contributed by atoms with van der Waals surface area (Å²) < 4.78 is 27.5. The first-order chi connectivity index (χ1) is 9.27. The predicted molar refractivity (Wildman–Crippen MR) is 84.1 cm³/mol. The van der Waals surface area contributed by atoms with Crippen LogP contribution < -0.4 is 0 Å². The molecule has 20 heavy (non-hydrogen) atoms. The third kappa shape index (κ3) is 2.90. The average Bonchev–Trinajstić information content (AvgIpc) is 2.77. The van der Waals surface area contributed by atoms with Gasteiger partial charge < -0.3 is 0 Å². The van der Waals surface area contributed by atoms with E-state index in [0.29, 0.717) is 23.2 Å². The first kappa shape index (κ1) is 16.2. The van der Waals surface area contributed by atoms with Crippen LogP contribution in [0.15, 0.2) is 10.3 Å². The summed E-state index contributed by atoms with van der Waals surface area (Å²) in [5.74, 6) is 0.363. The predicted octanol–water partition coefficient (Wildman–Crippen LogP) is 2.51. The van der Waals surface area contributed by atoms with E-state index in [2.05, 4.69) is 18.7 Å². The fraction of sp³-hybridized carbons (Fsp3) is 0.692. The Kier molecular flexibility index (Phi) is 4.81. The second kappa shape index (κ2) is 5.93. The van der Waals surface area contributed by atoms with E-state index in [4.69, 9.17) is 11.6 Å². The largest absolute Gasteiger partial charge is 0.298 e. The van der Waals surface area contributed by atoms with E-state index in [1.54, 1.807) is 10.4 Å². The Balaban J connectivity index is 2.30. The molecule has 0 saturated carbocycles. The number of alkyl halides is 1. The number of piperazine rings is 1. The summed E-state index contributed by atoms with van der Waals surface area (Å²) >= 11 is 7.13. The van der Waals surface area contributed by atoms with Gasteiger partial charge in [-0.3, -0.25) is 4.90 Å². The van der Waals surface area contributed by atoms with Crippen molar-refractivity contribution in [3.63, 3.8) is 0 Å². The number of rotatable bonds is 3. The minimum atomic E-state index is -3.40. The average molecular weight is 337 g/mol. The molecule has 2 unspecified atom stereocenters. The maximum Gasteiger partial charge on any atom is 0.252 e.